The van der Waals surface area contributed by atoms with Gasteiger partial charge in [-0.3, -0.25) is 4.79 Å². The summed E-state index contributed by atoms with van der Waals surface area (Å²) in [4.78, 5) is 18.4. The van der Waals surface area contributed by atoms with Gasteiger partial charge in [-0.1, -0.05) is 72.2 Å². The van der Waals surface area contributed by atoms with E-state index in [1.165, 1.54) is 46.1 Å². The number of hydrogen-bond acceptors (Lipinski definition) is 2. The molecule has 5 rings (SSSR count). The van der Waals surface area contributed by atoms with E-state index in [1.807, 2.05) is 19.9 Å². The van der Waals surface area contributed by atoms with Gasteiger partial charge in [-0.15, -0.1) is 0 Å². The molecule has 0 saturated carbocycles. The second-order valence-electron chi connectivity index (χ2n) is 10.5. The molecule has 1 fully saturated rings. The molecule has 0 spiro atoms. The van der Waals surface area contributed by atoms with Gasteiger partial charge in [0, 0.05) is 32.7 Å². The van der Waals surface area contributed by atoms with Crippen molar-refractivity contribution in [2.75, 3.05) is 25.0 Å². The van der Waals surface area contributed by atoms with Gasteiger partial charge in [0.25, 0.3) is 0 Å². The van der Waals surface area contributed by atoms with Crippen LogP contribution in [-0.4, -0.2) is 35.4 Å². The molecule has 0 radical (unpaired) electrons. The van der Waals surface area contributed by atoms with Crippen molar-refractivity contribution >= 4 is 38.4 Å². The number of rotatable bonds is 8. The minimum absolute atomic E-state index is 0.0119. The number of amides is 1. The fraction of sp³-hybridized carbons (Fsp3) is 0.344. The molecule has 5 heteroatoms. The summed E-state index contributed by atoms with van der Waals surface area (Å²) in [6, 6.07) is 25.7. The van der Waals surface area contributed by atoms with E-state index in [2.05, 4.69) is 97.9 Å². The number of likely N-dealkylation sites (tertiary alicyclic amines) is 1. The number of aryl methyl sites for hydroxylation is 1. The number of H-pyrrole nitrogens is 1. The Hall–Kier alpha value is -2.89. The summed E-state index contributed by atoms with van der Waals surface area (Å²) in [5.41, 5.74) is 7.38. The van der Waals surface area contributed by atoms with Gasteiger partial charge in [-0.2, -0.15) is 0 Å². The third-order valence-electron chi connectivity index (χ3n) is 7.59. The Balaban J connectivity index is 1.19. The molecule has 0 unspecified atom stereocenters. The Morgan fingerprint density at radius 2 is 1.78 bits per heavy atom. The normalized spacial score (nSPS) is 14.9. The number of carbonyl (C=O) groups excluding carboxylic acids is 1. The number of nitrogens with zero attached hydrogens (tertiary/aromatic N) is 1. The molecule has 0 atom stereocenters. The maximum atomic E-state index is 12.1. The van der Waals surface area contributed by atoms with Crippen LogP contribution in [-0.2, 0) is 11.2 Å². The van der Waals surface area contributed by atoms with Crippen LogP contribution in [0.2, 0.25) is 0 Å². The Morgan fingerprint density at radius 1 is 1.03 bits per heavy atom. The molecule has 2 N–H and O–H groups in total. The van der Waals surface area contributed by atoms with Gasteiger partial charge >= 0.3 is 0 Å². The highest BCUT2D eigenvalue weighted by molar-refractivity contribution is 9.10. The zero-order valence-corrected chi connectivity index (χ0v) is 23.4. The van der Waals surface area contributed by atoms with E-state index in [0.29, 0.717) is 5.92 Å². The van der Waals surface area contributed by atoms with Crippen LogP contribution in [0.15, 0.2) is 77.3 Å². The second-order valence-corrected chi connectivity index (χ2v) is 11.4. The van der Waals surface area contributed by atoms with Crippen molar-refractivity contribution in [1.29, 1.82) is 0 Å². The number of para-hydroxylation sites is 1. The van der Waals surface area contributed by atoms with Crippen LogP contribution in [0.5, 0.6) is 0 Å². The van der Waals surface area contributed by atoms with Gasteiger partial charge in [0.15, 0.2) is 0 Å². The summed E-state index contributed by atoms with van der Waals surface area (Å²) in [5.74, 6) is 0.623. The molecule has 0 aliphatic carbocycles. The molecule has 1 aliphatic heterocycles. The van der Waals surface area contributed by atoms with E-state index in [9.17, 15) is 4.79 Å². The Labute approximate surface area is 228 Å². The number of piperidine rings is 1. The molecule has 2 heterocycles. The lowest BCUT2D eigenvalue weighted by Crippen LogP contribution is -2.33. The van der Waals surface area contributed by atoms with E-state index in [0.717, 1.165) is 42.6 Å². The summed E-state index contributed by atoms with van der Waals surface area (Å²) >= 11 is 3.56. The summed E-state index contributed by atoms with van der Waals surface area (Å²) in [7, 11) is 0. The van der Waals surface area contributed by atoms with E-state index >= 15 is 0 Å². The molecule has 1 saturated heterocycles. The molecule has 4 nitrogen and oxygen atoms in total. The third-order valence-corrected chi connectivity index (χ3v) is 8.11. The molecule has 37 heavy (non-hydrogen) atoms. The smallest absolute Gasteiger partial charge is 0.226 e. The van der Waals surface area contributed by atoms with Gasteiger partial charge in [-0.05, 0) is 98.3 Å². The number of carbonyl (C=O) groups is 1. The molecule has 3 aromatic carbocycles. The number of nitrogens with one attached hydrogen (secondary N) is 2. The van der Waals surface area contributed by atoms with Crippen LogP contribution in [0, 0.1) is 5.92 Å². The summed E-state index contributed by atoms with van der Waals surface area (Å²) in [5, 5.41) is 4.38. The molecule has 0 bridgehead atoms. The van der Waals surface area contributed by atoms with E-state index in [1.54, 1.807) is 0 Å². The van der Waals surface area contributed by atoms with Crippen LogP contribution >= 0.6 is 15.9 Å². The molecule has 1 aromatic heterocycles. The van der Waals surface area contributed by atoms with Gasteiger partial charge in [-0.25, -0.2) is 0 Å². The lowest BCUT2D eigenvalue weighted by Gasteiger charge is -2.32. The molecule has 1 aliphatic rings. The van der Waals surface area contributed by atoms with Crippen molar-refractivity contribution in [3.8, 4) is 11.3 Å². The minimum Gasteiger partial charge on any atom is -0.354 e. The summed E-state index contributed by atoms with van der Waals surface area (Å²) < 4.78 is 1.10. The quantitative estimate of drug-likeness (QED) is 0.230. The second kappa shape index (κ2) is 11.7. The van der Waals surface area contributed by atoms with Crippen LogP contribution in [0.4, 0.5) is 5.69 Å². The molecule has 4 aromatic rings. The van der Waals surface area contributed by atoms with Gasteiger partial charge in [0.2, 0.25) is 5.91 Å². The Kier molecular flexibility index (Phi) is 8.11. The SMILES string of the molecule is CC(C)C(=O)Nc1cccc(C2CCN(CCCc3c(-c4ccc(Br)cc4)[nH]c4ccccc34)CC2)c1. The number of aromatic nitrogens is 1. The maximum absolute atomic E-state index is 12.1. The van der Waals surface area contributed by atoms with Crippen molar-refractivity contribution in [1.82, 2.24) is 9.88 Å². The zero-order chi connectivity index (χ0) is 25.8. The van der Waals surface area contributed by atoms with Crippen molar-refractivity contribution < 1.29 is 4.79 Å². The van der Waals surface area contributed by atoms with Crippen molar-refractivity contribution in [3.05, 3.63) is 88.4 Å². The number of anilines is 1. The highest BCUT2D eigenvalue weighted by Gasteiger charge is 2.21. The van der Waals surface area contributed by atoms with Gasteiger partial charge in [0.1, 0.15) is 0 Å². The summed E-state index contributed by atoms with van der Waals surface area (Å²) in [6.45, 7) is 7.22. The lowest BCUT2D eigenvalue weighted by atomic mass is 9.89. The van der Waals surface area contributed by atoms with E-state index in [-0.39, 0.29) is 11.8 Å². The fourth-order valence-electron chi connectivity index (χ4n) is 5.45. The Morgan fingerprint density at radius 3 is 2.54 bits per heavy atom. The topological polar surface area (TPSA) is 48.1 Å². The van der Waals surface area contributed by atoms with E-state index < -0.39 is 0 Å². The van der Waals surface area contributed by atoms with Crippen LogP contribution in [0.25, 0.3) is 22.2 Å². The Bertz CT molecular complexity index is 1350. The molecular formula is C32H36BrN3O. The highest BCUT2D eigenvalue weighted by Crippen LogP contribution is 2.33. The van der Waals surface area contributed by atoms with E-state index in [4.69, 9.17) is 0 Å². The number of halogens is 1. The maximum Gasteiger partial charge on any atom is 0.226 e. The first kappa shape index (κ1) is 25.7. The molecule has 1 amide bonds. The first-order valence-corrected chi connectivity index (χ1v) is 14.3. The van der Waals surface area contributed by atoms with Crippen LogP contribution in [0.1, 0.15) is 50.2 Å². The molecular weight excluding hydrogens is 522 g/mol. The fourth-order valence-corrected chi connectivity index (χ4v) is 5.71. The first-order chi connectivity index (χ1) is 18.0. The standard InChI is InChI=1S/C32H36BrN3O/c1-22(2)32(37)34-27-8-5-7-25(21-27)23-16-19-36(20-17-23)18-6-10-29-28-9-3-4-11-30(28)35-31(29)24-12-14-26(33)15-13-24/h3-5,7-9,11-15,21-23,35H,6,10,16-20H2,1-2H3,(H,34,37). The predicted molar refractivity (Wildman–Crippen MR) is 158 cm³/mol. The number of benzene rings is 3. The van der Waals surface area contributed by atoms with Crippen molar-refractivity contribution in [2.24, 2.45) is 5.92 Å². The third kappa shape index (κ3) is 6.16. The van der Waals surface area contributed by atoms with Crippen LogP contribution in [0.3, 0.4) is 0 Å². The minimum atomic E-state index is -0.0119. The lowest BCUT2D eigenvalue weighted by molar-refractivity contribution is -0.118. The van der Waals surface area contributed by atoms with Crippen molar-refractivity contribution in [2.45, 2.75) is 45.4 Å². The van der Waals surface area contributed by atoms with Crippen molar-refractivity contribution in [3.63, 3.8) is 0 Å². The number of fused-ring (bicyclic) bond motifs is 1. The number of hydrogen-bond donors (Lipinski definition) is 2. The van der Waals surface area contributed by atoms with Gasteiger partial charge < -0.3 is 15.2 Å². The predicted octanol–water partition coefficient (Wildman–Crippen LogP) is 8.00. The van der Waals surface area contributed by atoms with Gasteiger partial charge in [0.05, 0.1) is 0 Å². The molecule has 192 valence electrons. The van der Waals surface area contributed by atoms with Crippen LogP contribution < -0.4 is 5.32 Å². The highest BCUT2D eigenvalue weighted by atomic mass is 79.9. The largest absolute Gasteiger partial charge is 0.354 e. The first-order valence-electron chi connectivity index (χ1n) is 13.5. The average Bonchev–Trinajstić information content (AvgIpc) is 3.28. The average molecular weight is 559 g/mol. The summed E-state index contributed by atoms with van der Waals surface area (Å²) in [6.07, 6.45) is 4.54. The number of aromatic amines is 1. The zero-order valence-electron chi connectivity index (χ0n) is 21.8. The monoisotopic (exact) mass is 557 g/mol.